The molecule has 1 aliphatic rings. The van der Waals surface area contributed by atoms with Gasteiger partial charge in [-0.2, -0.15) is 4.31 Å². The van der Waals surface area contributed by atoms with Crippen molar-refractivity contribution < 1.29 is 8.42 Å². The molecule has 1 atom stereocenters. The summed E-state index contributed by atoms with van der Waals surface area (Å²) in [6.07, 6.45) is 0. The molecular formula is C14H23N3O2S. The number of nitrogens with zero attached hydrogens (tertiary/aromatic N) is 2. The standard InChI is InChI=1S/C14H23N3O2S/c1-12-10-17(7-6-16(12)2)20(18,19)11-14-5-3-4-13(8-14)9-15/h3-5,8,12H,6-7,9-11,15H2,1-2H3. The summed E-state index contributed by atoms with van der Waals surface area (Å²) >= 11 is 0. The first kappa shape index (κ1) is 15.4. The fraction of sp³-hybridized carbons (Fsp3) is 0.571. The number of piperazine rings is 1. The minimum atomic E-state index is -3.25. The molecule has 0 amide bonds. The minimum absolute atomic E-state index is 0.0529. The van der Waals surface area contributed by atoms with Crippen LogP contribution in [0.15, 0.2) is 24.3 Å². The Balaban J connectivity index is 2.10. The van der Waals surface area contributed by atoms with Crippen molar-refractivity contribution in [3.05, 3.63) is 35.4 Å². The number of hydrogen-bond acceptors (Lipinski definition) is 4. The van der Waals surface area contributed by atoms with Crippen LogP contribution in [0.1, 0.15) is 18.1 Å². The first-order chi connectivity index (χ1) is 9.42. The van der Waals surface area contributed by atoms with E-state index in [1.165, 1.54) is 0 Å². The first-order valence-corrected chi connectivity index (χ1v) is 8.49. The largest absolute Gasteiger partial charge is 0.326 e. The lowest BCUT2D eigenvalue weighted by Crippen LogP contribution is -2.52. The van der Waals surface area contributed by atoms with Gasteiger partial charge in [-0.1, -0.05) is 24.3 Å². The molecule has 0 spiro atoms. The molecule has 1 aliphatic heterocycles. The number of hydrogen-bond donors (Lipinski definition) is 1. The quantitative estimate of drug-likeness (QED) is 0.884. The lowest BCUT2D eigenvalue weighted by atomic mass is 10.1. The van der Waals surface area contributed by atoms with Crippen LogP contribution in [0.2, 0.25) is 0 Å². The lowest BCUT2D eigenvalue weighted by Gasteiger charge is -2.36. The van der Waals surface area contributed by atoms with Crippen LogP contribution < -0.4 is 5.73 Å². The van der Waals surface area contributed by atoms with Crippen molar-refractivity contribution in [2.45, 2.75) is 25.3 Å². The molecule has 0 bridgehead atoms. The number of benzene rings is 1. The van der Waals surface area contributed by atoms with Crippen molar-refractivity contribution in [2.24, 2.45) is 5.73 Å². The van der Waals surface area contributed by atoms with Gasteiger partial charge in [-0.3, -0.25) is 0 Å². The SMILES string of the molecule is CC1CN(S(=O)(=O)Cc2cccc(CN)c2)CCN1C. The second-order valence-corrected chi connectivity index (χ2v) is 7.44. The van der Waals surface area contributed by atoms with Gasteiger partial charge in [0.05, 0.1) is 5.75 Å². The van der Waals surface area contributed by atoms with E-state index in [0.29, 0.717) is 19.6 Å². The molecule has 20 heavy (non-hydrogen) atoms. The van der Waals surface area contributed by atoms with Crippen molar-refractivity contribution in [1.29, 1.82) is 0 Å². The molecule has 0 radical (unpaired) electrons. The summed E-state index contributed by atoms with van der Waals surface area (Å²) in [4.78, 5) is 2.18. The highest BCUT2D eigenvalue weighted by Crippen LogP contribution is 2.16. The summed E-state index contributed by atoms with van der Waals surface area (Å²) in [5, 5.41) is 0. The van der Waals surface area contributed by atoms with Crippen LogP contribution in [-0.2, 0) is 22.3 Å². The Labute approximate surface area is 121 Å². The van der Waals surface area contributed by atoms with E-state index in [1.807, 2.05) is 31.3 Å². The van der Waals surface area contributed by atoms with Crippen LogP contribution in [0, 0.1) is 0 Å². The number of nitrogens with two attached hydrogens (primary N) is 1. The minimum Gasteiger partial charge on any atom is -0.326 e. The van der Waals surface area contributed by atoms with Gasteiger partial charge >= 0.3 is 0 Å². The Morgan fingerprint density at radius 2 is 2.00 bits per heavy atom. The number of likely N-dealkylation sites (N-methyl/N-ethyl adjacent to an activating group) is 1. The molecule has 1 unspecified atom stereocenters. The van der Waals surface area contributed by atoms with E-state index >= 15 is 0 Å². The molecule has 1 aromatic rings. The zero-order chi connectivity index (χ0) is 14.8. The predicted molar refractivity (Wildman–Crippen MR) is 80.6 cm³/mol. The summed E-state index contributed by atoms with van der Waals surface area (Å²) in [6.45, 7) is 4.40. The topological polar surface area (TPSA) is 66.6 Å². The molecule has 5 nitrogen and oxygen atoms in total. The van der Waals surface area contributed by atoms with Gasteiger partial charge in [-0.05, 0) is 25.1 Å². The van der Waals surface area contributed by atoms with Gasteiger partial charge in [0, 0.05) is 32.2 Å². The number of rotatable bonds is 4. The van der Waals surface area contributed by atoms with Crippen LogP contribution in [-0.4, -0.2) is 50.3 Å². The van der Waals surface area contributed by atoms with Crippen LogP contribution in [0.4, 0.5) is 0 Å². The van der Waals surface area contributed by atoms with Gasteiger partial charge < -0.3 is 10.6 Å². The zero-order valence-corrected chi connectivity index (χ0v) is 12.9. The van der Waals surface area contributed by atoms with Gasteiger partial charge in [-0.25, -0.2) is 8.42 Å². The fourth-order valence-electron chi connectivity index (χ4n) is 2.42. The average molecular weight is 297 g/mol. The van der Waals surface area contributed by atoms with Gasteiger partial charge in [0.2, 0.25) is 10.0 Å². The van der Waals surface area contributed by atoms with E-state index in [4.69, 9.17) is 5.73 Å². The Bertz CT molecular complexity index is 559. The summed E-state index contributed by atoms with van der Waals surface area (Å²) in [6, 6.07) is 7.75. The average Bonchev–Trinajstić information content (AvgIpc) is 2.41. The van der Waals surface area contributed by atoms with Gasteiger partial charge in [-0.15, -0.1) is 0 Å². The predicted octanol–water partition coefficient (Wildman–Crippen LogP) is 0.611. The Kier molecular flexibility index (Phi) is 4.80. The Morgan fingerprint density at radius 1 is 1.30 bits per heavy atom. The first-order valence-electron chi connectivity index (χ1n) is 6.88. The maximum atomic E-state index is 12.5. The molecule has 2 N–H and O–H groups in total. The van der Waals surface area contributed by atoms with Crippen molar-refractivity contribution >= 4 is 10.0 Å². The summed E-state index contributed by atoms with van der Waals surface area (Å²) < 4.78 is 26.6. The second-order valence-electron chi connectivity index (χ2n) is 5.47. The Morgan fingerprint density at radius 3 is 2.65 bits per heavy atom. The van der Waals surface area contributed by atoms with Crippen molar-refractivity contribution in [3.8, 4) is 0 Å². The molecule has 6 heteroatoms. The monoisotopic (exact) mass is 297 g/mol. The third kappa shape index (κ3) is 3.58. The van der Waals surface area contributed by atoms with Crippen LogP contribution >= 0.6 is 0 Å². The molecular weight excluding hydrogens is 274 g/mol. The van der Waals surface area contributed by atoms with Gasteiger partial charge in [0.25, 0.3) is 0 Å². The van der Waals surface area contributed by atoms with Crippen LogP contribution in [0.3, 0.4) is 0 Å². The normalized spacial score (nSPS) is 22.1. The van der Waals surface area contributed by atoms with E-state index in [9.17, 15) is 8.42 Å². The zero-order valence-electron chi connectivity index (χ0n) is 12.1. The molecule has 1 saturated heterocycles. The molecule has 0 saturated carbocycles. The second kappa shape index (κ2) is 6.22. The molecule has 112 valence electrons. The third-order valence-corrected chi connectivity index (χ3v) is 5.71. The lowest BCUT2D eigenvalue weighted by molar-refractivity contribution is 0.159. The Hall–Kier alpha value is -0.950. The van der Waals surface area contributed by atoms with Crippen molar-refractivity contribution in [3.63, 3.8) is 0 Å². The molecule has 1 heterocycles. The van der Waals surface area contributed by atoms with Crippen LogP contribution in [0.5, 0.6) is 0 Å². The maximum absolute atomic E-state index is 12.5. The highest BCUT2D eigenvalue weighted by Gasteiger charge is 2.29. The summed E-state index contributed by atoms with van der Waals surface area (Å²) in [5.74, 6) is 0.0529. The van der Waals surface area contributed by atoms with E-state index < -0.39 is 10.0 Å². The highest BCUT2D eigenvalue weighted by molar-refractivity contribution is 7.88. The smallest absolute Gasteiger partial charge is 0.218 e. The number of sulfonamides is 1. The van der Waals surface area contributed by atoms with E-state index in [2.05, 4.69) is 11.8 Å². The van der Waals surface area contributed by atoms with Crippen molar-refractivity contribution in [2.75, 3.05) is 26.7 Å². The summed E-state index contributed by atoms with van der Waals surface area (Å²) in [7, 11) is -1.22. The van der Waals surface area contributed by atoms with E-state index in [0.717, 1.165) is 17.7 Å². The van der Waals surface area contributed by atoms with E-state index in [1.54, 1.807) is 4.31 Å². The highest BCUT2D eigenvalue weighted by atomic mass is 32.2. The summed E-state index contributed by atoms with van der Waals surface area (Å²) in [5.41, 5.74) is 7.36. The molecule has 0 aromatic heterocycles. The molecule has 0 aliphatic carbocycles. The molecule has 1 fully saturated rings. The third-order valence-electron chi connectivity index (χ3n) is 3.89. The van der Waals surface area contributed by atoms with Gasteiger partial charge in [0.15, 0.2) is 0 Å². The van der Waals surface area contributed by atoms with E-state index in [-0.39, 0.29) is 11.8 Å². The van der Waals surface area contributed by atoms with Gasteiger partial charge in [0.1, 0.15) is 0 Å². The maximum Gasteiger partial charge on any atom is 0.218 e. The fourth-order valence-corrected chi connectivity index (χ4v) is 4.00. The van der Waals surface area contributed by atoms with Crippen LogP contribution in [0.25, 0.3) is 0 Å². The molecule has 1 aromatic carbocycles. The van der Waals surface area contributed by atoms with Crippen molar-refractivity contribution in [1.82, 2.24) is 9.21 Å². The molecule has 2 rings (SSSR count).